The predicted molar refractivity (Wildman–Crippen MR) is 214 cm³/mol. The smallest absolute Gasteiger partial charge is 0.503 e. The molecule has 5 heterocycles. The van der Waals surface area contributed by atoms with Gasteiger partial charge in [0.1, 0.15) is 11.3 Å². The van der Waals surface area contributed by atoms with E-state index in [0.29, 0.717) is 11.5 Å². The van der Waals surface area contributed by atoms with Gasteiger partial charge in [-0.15, -0.1) is 30.3 Å². The summed E-state index contributed by atoms with van der Waals surface area (Å²) in [6, 6.07) is 52.8. The molecule has 0 atom stereocenters. The maximum Gasteiger partial charge on any atom is 2.00 e. The van der Waals surface area contributed by atoms with Crippen LogP contribution in [-0.4, -0.2) is 23.9 Å². The molecule has 7 heteroatoms. The Kier molecular flexibility index (Phi) is 8.15. The van der Waals surface area contributed by atoms with Gasteiger partial charge in [-0.1, -0.05) is 122 Å². The van der Waals surface area contributed by atoms with Crippen LogP contribution in [0.25, 0.3) is 77.6 Å². The molecular formula is C47H33N5OPd. The molecular weight excluding hydrogens is 757 g/mol. The molecule has 0 aliphatic carbocycles. The minimum atomic E-state index is -0.00509. The first-order valence-corrected chi connectivity index (χ1v) is 17.8. The molecule has 0 aliphatic heterocycles. The SMILES string of the molecule is CC(C)(C)c1ccc2c3cccnc3n(-c3[c-]c(Oc4[c-]c5c(cc4)c4cccnc4n4c(-c6ccccc6)c(-c6ccccc6)nc54)ccc3)c2c1.[Pd+2]. The van der Waals surface area contributed by atoms with Crippen LogP contribution in [-0.2, 0) is 25.8 Å². The summed E-state index contributed by atoms with van der Waals surface area (Å²) in [6.07, 6.45) is 3.68. The van der Waals surface area contributed by atoms with Crippen molar-refractivity contribution < 1.29 is 25.2 Å². The summed E-state index contributed by atoms with van der Waals surface area (Å²) in [5, 5.41) is 5.11. The Labute approximate surface area is 326 Å². The first kappa shape index (κ1) is 33.7. The van der Waals surface area contributed by atoms with E-state index >= 15 is 0 Å². The van der Waals surface area contributed by atoms with Crippen LogP contribution >= 0.6 is 0 Å². The van der Waals surface area contributed by atoms with Crippen LogP contribution in [0.3, 0.4) is 0 Å². The van der Waals surface area contributed by atoms with Gasteiger partial charge < -0.3 is 13.7 Å². The van der Waals surface area contributed by atoms with Crippen LogP contribution in [0.5, 0.6) is 11.5 Å². The van der Waals surface area contributed by atoms with Crippen molar-refractivity contribution in [3.8, 4) is 39.7 Å². The number of nitrogens with zero attached hydrogens (tertiary/aromatic N) is 5. The minimum absolute atomic E-state index is 0. The quantitative estimate of drug-likeness (QED) is 0.0990. The Hall–Kier alpha value is -6.13. The summed E-state index contributed by atoms with van der Waals surface area (Å²) in [5.74, 6) is 1.14. The van der Waals surface area contributed by atoms with Crippen molar-refractivity contribution in [1.82, 2.24) is 23.9 Å². The van der Waals surface area contributed by atoms with Crippen LogP contribution in [0.2, 0.25) is 0 Å². The average Bonchev–Trinajstić information content (AvgIpc) is 3.76. The van der Waals surface area contributed by atoms with E-state index < -0.39 is 0 Å². The Morgan fingerprint density at radius 2 is 1.24 bits per heavy atom. The maximum atomic E-state index is 6.60. The van der Waals surface area contributed by atoms with Gasteiger partial charge in [0.2, 0.25) is 0 Å². The molecule has 0 radical (unpaired) electrons. The molecule has 0 N–H and O–H groups in total. The second kappa shape index (κ2) is 13.1. The van der Waals surface area contributed by atoms with Crippen molar-refractivity contribution >= 4 is 49.4 Å². The number of hydrogen-bond acceptors (Lipinski definition) is 4. The van der Waals surface area contributed by atoms with Gasteiger partial charge in [0.15, 0.2) is 0 Å². The Balaban J connectivity index is 0.00000384. The molecule has 0 unspecified atom stereocenters. The third kappa shape index (κ3) is 5.48. The van der Waals surface area contributed by atoms with Gasteiger partial charge in [0.25, 0.3) is 0 Å². The van der Waals surface area contributed by atoms with E-state index in [0.717, 1.165) is 77.6 Å². The predicted octanol–water partition coefficient (Wildman–Crippen LogP) is 11.5. The Morgan fingerprint density at radius 3 is 1.98 bits per heavy atom. The fourth-order valence-electron chi connectivity index (χ4n) is 7.47. The summed E-state index contributed by atoms with van der Waals surface area (Å²) in [4.78, 5) is 15.1. The van der Waals surface area contributed by atoms with Gasteiger partial charge >= 0.3 is 20.4 Å². The molecule has 0 aliphatic rings. The van der Waals surface area contributed by atoms with Crippen molar-refractivity contribution in [2.24, 2.45) is 0 Å². The zero-order valence-corrected chi connectivity index (χ0v) is 31.4. The van der Waals surface area contributed by atoms with Gasteiger partial charge in [-0.05, 0) is 40.6 Å². The zero-order chi connectivity index (χ0) is 35.7. The van der Waals surface area contributed by atoms with Crippen molar-refractivity contribution in [2.45, 2.75) is 26.2 Å². The zero-order valence-electron chi connectivity index (χ0n) is 29.8. The van der Waals surface area contributed by atoms with E-state index in [1.54, 1.807) is 0 Å². The van der Waals surface area contributed by atoms with Crippen LogP contribution in [0.4, 0.5) is 0 Å². The van der Waals surface area contributed by atoms with E-state index in [1.165, 1.54) is 5.56 Å². The first-order valence-electron chi connectivity index (χ1n) is 17.8. The topological polar surface area (TPSA) is 57.2 Å². The molecule has 10 rings (SSSR count). The molecule has 0 saturated carbocycles. The molecule has 0 saturated heterocycles. The van der Waals surface area contributed by atoms with Crippen LogP contribution in [0.15, 0.2) is 146 Å². The second-order valence-electron chi connectivity index (χ2n) is 14.4. The molecule has 262 valence electrons. The number of rotatable bonds is 5. The van der Waals surface area contributed by atoms with E-state index in [9.17, 15) is 0 Å². The van der Waals surface area contributed by atoms with Crippen LogP contribution < -0.4 is 4.74 Å². The summed E-state index contributed by atoms with van der Waals surface area (Å²) in [5.41, 5.74) is 9.60. The molecule has 5 aromatic heterocycles. The van der Waals surface area contributed by atoms with Crippen molar-refractivity contribution in [1.29, 1.82) is 0 Å². The summed E-state index contributed by atoms with van der Waals surface area (Å²) < 4.78 is 10.9. The fraction of sp³-hybridized carbons (Fsp3) is 0.0851. The second-order valence-corrected chi connectivity index (χ2v) is 14.4. The molecule has 0 fully saturated rings. The van der Waals surface area contributed by atoms with Gasteiger partial charge in [0.05, 0.1) is 22.6 Å². The molecule has 0 amide bonds. The normalized spacial score (nSPS) is 11.8. The van der Waals surface area contributed by atoms with Gasteiger partial charge in [-0.2, -0.15) is 6.07 Å². The van der Waals surface area contributed by atoms with Gasteiger partial charge in [0, 0.05) is 45.8 Å². The minimum Gasteiger partial charge on any atom is -0.503 e. The number of aromatic nitrogens is 5. The molecule has 10 aromatic rings. The van der Waals surface area contributed by atoms with Gasteiger partial charge in [-0.3, -0.25) is 4.98 Å². The van der Waals surface area contributed by atoms with Crippen LogP contribution in [0, 0.1) is 12.1 Å². The summed E-state index contributed by atoms with van der Waals surface area (Å²) >= 11 is 0. The van der Waals surface area contributed by atoms with E-state index in [-0.39, 0.29) is 25.8 Å². The van der Waals surface area contributed by atoms with Crippen molar-refractivity contribution in [3.05, 3.63) is 164 Å². The third-order valence-corrected chi connectivity index (χ3v) is 10.0. The monoisotopic (exact) mass is 789 g/mol. The number of benzene rings is 5. The standard InChI is InChI=1S/C47H33N5O.Pd/c1-47(2,3)32-21-23-37-39-20-12-25-48-44(39)51(41(37)27-32)33-17-10-18-34(28-33)53-35-22-24-36-38-19-11-26-49-45(38)52-43(31-15-8-5-9-16-31)42(30-13-6-4-7-14-30)50-46(52)40(36)29-35;/h4-27H,1-3H3;/q-2;+2. The fourth-order valence-corrected chi connectivity index (χ4v) is 7.47. The van der Waals surface area contributed by atoms with Crippen molar-refractivity contribution in [2.75, 3.05) is 0 Å². The molecule has 0 bridgehead atoms. The van der Waals surface area contributed by atoms with Crippen molar-refractivity contribution in [3.63, 3.8) is 0 Å². The molecule has 54 heavy (non-hydrogen) atoms. The van der Waals surface area contributed by atoms with E-state index in [2.05, 4.69) is 121 Å². The Morgan fingerprint density at radius 1 is 0.574 bits per heavy atom. The summed E-state index contributed by atoms with van der Waals surface area (Å²) in [7, 11) is 0. The number of pyridine rings is 3. The molecule has 0 spiro atoms. The number of fused-ring (bicyclic) bond motifs is 9. The first-order chi connectivity index (χ1) is 25.9. The largest absolute Gasteiger partial charge is 2.00 e. The van der Waals surface area contributed by atoms with Gasteiger partial charge in [-0.25, -0.2) is 9.97 Å². The summed E-state index contributed by atoms with van der Waals surface area (Å²) in [6.45, 7) is 6.71. The molecule has 6 nitrogen and oxygen atoms in total. The van der Waals surface area contributed by atoms with E-state index in [1.807, 2.05) is 67.0 Å². The third-order valence-electron chi connectivity index (χ3n) is 10.0. The maximum absolute atomic E-state index is 6.60. The van der Waals surface area contributed by atoms with Crippen LogP contribution in [0.1, 0.15) is 26.3 Å². The number of imidazole rings is 1. The number of ether oxygens (including phenoxy) is 1. The van der Waals surface area contributed by atoms with E-state index in [4.69, 9.17) is 19.7 Å². The number of hydrogen-bond donors (Lipinski definition) is 0. The average molecular weight is 790 g/mol. The molecule has 5 aromatic carbocycles. The Bertz CT molecular complexity index is 3020.